The first-order valence-electron chi connectivity index (χ1n) is 27.2. The fraction of sp³-hybridized carbons (Fsp3) is 0.456. The first kappa shape index (κ1) is 60.2. The lowest BCUT2D eigenvalue weighted by Gasteiger charge is -2.31. The number of nitrogens with zero attached hydrogens (tertiary/aromatic N) is 3. The van der Waals surface area contributed by atoms with Gasteiger partial charge in [0.1, 0.15) is 36.4 Å². The largest absolute Gasteiger partial charge is 0.492 e. The topological polar surface area (TPSA) is 280 Å². The summed E-state index contributed by atoms with van der Waals surface area (Å²) in [5, 5.41) is 20.0. The summed E-state index contributed by atoms with van der Waals surface area (Å²) >= 11 is 3.69. The third-order valence-electron chi connectivity index (χ3n) is 13.8. The lowest BCUT2D eigenvalue weighted by atomic mass is 9.95. The molecule has 4 aromatic carbocycles. The van der Waals surface area contributed by atoms with Gasteiger partial charge in [0, 0.05) is 105 Å². The summed E-state index contributed by atoms with van der Waals surface area (Å²) < 4.78 is 22.8. The second kappa shape index (κ2) is 29.7. The summed E-state index contributed by atoms with van der Waals surface area (Å²) in [4.78, 5) is 99.9. The van der Waals surface area contributed by atoms with Crippen LogP contribution in [0.1, 0.15) is 74.0 Å². The number of hydrogen-bond acceptors (Lipinski definition) is 13. The van der Waals surface area contributed by atoms with Gasteiger partial charge < -0.3 is 76.3 Å². The molecule has 430 valence electrons. The lowest BCUT2D eigenvalue weighted by molar-refractivity contribution is -0.128. The second-order valence-electron chi connectivity index (χ2n) is 20.1. The molecule has 0 spiro atoms. The van der Waals surface area contributed by atoms with Crippen LogP contribution in [0, 0.1) is 5.92 Å². The van der Waals surface area contributed by atoms with Gasteiger partial charge in [-0.1, -0.05) is 73.1 Å². The van der Waals surface area contributed by atoms with Gasteiger partial charge in [0.25, 0.3) is 5.91 Å². The number of aromatic amines is 1. The van der Waals surface area contributed by atoms with Crippen LogP contribution >= 0.6 is 15.9 Å². The maximum atomic E-state index is 14.4. The molecule has 8 amide bonds. The van der Waals surface area contributed by atoms with Gasteiger partial charge in [-0.2, -0.15) is 0 Å². The Morgan fingerprint density at radius 3 is 2.31 bits per heavy atom. The third kappa shape index (κ3) is 16.8. The van der Waals surface area contributed by atoms with Crippen LogP contribution in [0.2, 0.25) is 0 Å². The van der Waals surface area contributed by atoms with Crippen LogP contribution in [0.4, 0.5) is 25.8 Å². The van der Waals surface area contributed by atoms with Crippen LogP contribution in [0.15, 0.2) is 78.9 Å². The summed E-state index contributed by atoms with van der Waals surface area (Å²) in [6.45, 7) is 10.8. The molecule has 9 N–H and O–H groups in total. The maximum absolute atomic E-state index is 14.4. The average molecular weight is 1170 g/mol. The number of likely N-dealkylation sites (N-methyl/N-ethyl adjacent to an activating group) is 1. The third-order valence-corrected chi connectivity index (χ3v) is 14.5. The lowest BCUT2D eigenvalue weighted by Crippen LogP contribution is -2.54. The van der Waals surface area contributed by atoms with Crippen LogP contribution in [0.5, 0.6) is 11.5 Å². The zero-order chi connectivity index (χ0) is 57.1. The Morgan fingerprint density at radius 1 is 0.825 bits per heavy atom. The standard InChI is InChI=1S/C57H74BrN11O11/c1-5-27-77-28-18-49(70)60-20-21-61-51(36(2)3)53(72)66-45(11-8-19-62-55(59)74)52(71)64-40-14-12-37(13-15-40)35-79-56(75)63-22-29-78-41-16-17-44-38(30-41)31-46(65-44)54(73)69-34-39(33-58)50-43-10-7-6-9-42(43)48(32-47(50)69)80-57(76)68-25-23-67(4)24-26-68/h6-7,9-10,12-17,30-32,36,39,45,51,61,65H,5,8,11,18-29,33-35H2,1-4H3,(H,60,70)(H,63,75)(H,64,71)(H,66,72)(H3,59,62,74)/t39-,45+,51+/m1/s1. The fourth-order valence-electron chi connectivity index (χ4n) is 9.47. The number of anilines is 2. The van der Waals surface area contributed by atoms with Crippen LogP contribution in [-0.2, 0) is 30.5 Å². The number of primary amides is 1. The van der Waals surface area contributed by atoms with Crippen molar-refractivity contribution in [2.24, 2.45) is 11.7 Å². The highest BCUT2D eigenvalue weighted by Gasteiger charge is 2.36. The van der Waals surface area contributed by atoms with Gasteiger partial charge in [-0.25, -0.2) is 14.4 Å². The van der Waals surface area contributed by atoms with Crippen LogP contribution in [0.3, 0.4) is 0 Å². The van der Waals surface area contributed by atoms with E-state index in [0.717, 1.165) is 46.7 Å². The SMILES string of the molecule is CCCOCCC(=O)NCCN[C@H](C(=O)N[C@@H](CCCNC(N)=O)C(=O)Nc1ccc(COC(=O)NCCOc2ccc3[nH]c(C(=O)N4C[C@@H](CBr)c5c4cc(OC(=O)N4CCN(C)CC4)c4ccccc54)cc3c2)cc1)C(C)C. The molecule has 2 aliphatic rings. The van der Waals surface area contributed by atoms with Crippen LogP contribution in [-0.4, -0.2) is 160 Å². The van der Waals surface area contributed by atoms with Crippen molar-refractivity contribution < 1.29 is 52.5 Å². The van der Waals surface area contributed by atoms with Gasteiger partial charge in [-0.15, -0.1) is 0 Å². The summed E-state index contributed by atoms with van der Waals surface area (Å²) in [6.07, 6.45) is 0.582. The molecule has 1 aromatic heterocycles. The van der Waals surface area contributed by atoms with Crippen molar-refractivity contribution in [2.75, 3.05) is 101 Å². The average Bonchev–Trinajstić information content (AvgIpc) is 4.14. The van der Waals surface area contributed by atoms with Crippen LogP contribution in [0.25, 0.3) is 21.7 Å². The van der Waals surface area contributed by atoms with E-state index in [1.807, 2.05) is 70.3 Å². The first-order chi connectivity index (χ1) is 38.6. The van der Waals surface area contributed by atoms with Gasteiger partial charge in [0.2, 0.25) is 17.7 Å². The molecule has 3 atom stereocenters. The van der Waals surface area contributed by atoms with Crippen molar-refractivity contribution in [1.82, 2.24) is 41.4 Å². The van der Waals surface area contributed by atoms with E-state index in [1.165, 1.54) is 0 Å². The molecule has 0 unspecified atom stereocenters. The van der Waals surface area contributed by atoms with Gasteiger partial charge in [-0.3, -0.25) is 19.2 Å². The Kier molecular flexibility index (Phi) is 22.3. The number of alkyl halides is 1. The number of amides is 8. The molecule has 0 bridgehead atoms. The number of piperazine rings is 1. The number of halogens is 1. The predicted octanol–water partition coefficient (Wildman–Crippen LogP) is 5.93. The Bertz CT molecular complexity index is 2950. The summed E-state index contributed by atoms with van der Waals surface area (Å²) in [5.41, 5.74) is 9.14. The number of benzene rings is 4. The summed E-state index contributed by atoms with van der Waals surface area (Å²) in [6, 6.07) is 21.2. The van der Waals surface area contributed by atoms with E-state index in [1.54, 1.807) is 46.2 Å². The molecule has 0 aliphatic carbocycles. The zero-order valence-electron chi connectivity index (χ0n) is 45.8. The molecule has 1 saturated heterocycles. The Labute approximate surface area is 474 Å². The van der Waals surface area contributed by atoms with Crippen molar-refractivity contribution in [3.8, 4) is 11.5 Å². The van der Waals surface area contributed by atoms with Crippen molar-refractivity contribution in [3.05, 3.63) is 95.7 Å². The normalized spacial score (nSPS) is 15.0. The van der Waals surface area contributed by atoms with Gasteiger partial charge in [0.05, 0.1) is 24.9 Å². The number of urea groups is 1. The van der Waals surface area contributed by atoms with Crippen LogP contribution < -0.4 is 52.0 Å². The number of nitrogens with two attached hydrogens (primary N) is 1. The Hall–Kier alpha value is -7.47. The van der Waals surface area contributed by atoms with E-state index < -0.39 is 42.1 Å². The molecule has 22 nitrogen and oxygen atoms in total. The minimum absolute atomic E-state index is 0.0000595. The molecule has 5 aromatic rings. The van der Waals surface area contributed by atoms with Crippen molar-refractivity contribution >= 4 is 90.8 Å². The number of aromatic nitrogens is 1. The molecule has 0 saturated carbocycles. The molecule has 1 fully saturated rings. The molecular formula is C57H74BrN11O11. The van der Waals surface area contributed by atoms with Gasteiger partial charge in [0.15, 0.2) is 0 Å². The van der Waals surface area contributed by atoms with Crippen molar-refractivity contribution in [2.45, 2.75) is 71.1 Å². The molecule has 2 aliphatic heterocycles. The van der Waals surface area contributed by atoms with Gasteiger partial charge >= 0.3 is 18.2 Å². The molecular weight excluding hydrogens is 1090 g/mol. The number of nitrogens with one attached hydrogen (secondary N) is 7. The van der Waals surface area contributed by atoms with E-state index in [9.17, 15) is 33.6 Å². The minimum atomic E-state index is -0.961. The monoisotopic (exact) mass is 1170 g/mol. The highest BCUT2D eigenvalue weighted by molar-refractivity contribution is 9.09. The smallest absolute Gasteiger partial charge is 0.415 e. The predicted molar refractivity (Wildman–Crippen MR) is 308 cm³/mol. The number of H-pyrrole nitrogens is 1. The second-order valence-corrected chi connectivity index (χ2v) is 20.8. The maximum Gasteiger partial charge on any atom is 0.415 e. The minimum Gasteiger partial charge on any atom is -0.492 e. The zero-order valence-corrected chi connectivity index (χ0v) is 47.4. The molecule has 0 radical (unpaired) electrons. The van der Waals surface area contributed by atoms with E-state index >= 15 is 0 Å². The fourth-order valence-corrected chi connectivity index (χ4v) is 10.00. The van der Waals surface area contributed by atoms with Crippen molar-refractivity contribution in [1.29, 1.82) is 0 Å². The van der Waals surface area contributed by atoms with Gasteiger partial charge in [-0.05, 0) is 85.1 Å². The molecule has 23 heteroatoms. The quantitative estimate of drug-likeness (QED) is 0.0224. The van der Waals surface area contributed by atoms with Crippen molar-refractivity contribution in [3.63, 3.8) is 0 Å². The summed E-state index contributed by atoms with van der Waals surface area (Å²) in [5.74, 6) is -0.471. The number of ether oxygens (including phenoxy) is 4. The Morgan fingerprint density at radius 2 is 1.59 bits per heavy atom. The summed E-state index contributed by atoms with van der Waals surface area (Å²) in [7, 11) is 2.02. The highest BCUT2D eigenvalue weighted by Crippen LogP contribution is 2.46. The first-order valence-corrected chi connectivity index (χ1v) is 28.3. The number of fused-ring (bicyclic) bond motifs is 4. The Balaban J connectivity index is 0.870. The molecule has 3 heterocycles. The van der Waals surface area contributed by atoms with E-state index in [-0.39, 0.29) is 62.8 Å². The molecule has 7 rings (SSSR count). The number of rotatable bonds is 27. The number of carbonyl (C=O) groups excluding carboxylic acids is 7. The number of hydrogen-bond donors (Lipinski definition) is 8. The number of carbonyl (C=O) groups is 7. The van der Waals surface area contributed by atoms with E-state index in [4.69, 9.17) is 24.7 Å². The highest BCUT2D eigenvalue weighted by atomic mass is 79.9. The van der Waals surface area contributed by atoms with E-state index in [0.29, 0.717) is 91.8 Å². The number of alkyl carbamates (subject to hydrolysis) is 1. The van der Waals surface area contributed by atoms with E-state index in [2.05, 4.69) is 57.7 Å². The molecule has 80 heavy (non-hydrogen) atoms.